The highest BCUT2D eigenvalue weighted by Gasteiger charge is 2.36. The van der Waals surface area contributed by atoms with E-state index in [1.165, 1.54) is 0 Å². The molecule has 0 unspecified atom stereocenters. The second-order valence-corrected chi connectivity index (χ2v) is 7.55. The van der Waals surface area contributed by atoms with E-state index in [0.29, 0.717) is 23.5 Å². The molecule has 2 heterocycles. The van der Waals surface area contributed by atoms with Crippen molar-refractivity contribution in [1.29, 1.82) is 0 Å². The van der Waals surface area contributed by atoms with Crippen LogP contribution < -0.4 is 15.6 Å². The number of pyridine rings is 2. The Morgan fingerprint density at radius 3 is 2.00 bits per heavy atom. The average molecular weight is 493 g/mol. The maximum Gasteiger partial charge on any atom is 0.416 e. The number of hydrogen-bond donors (Lipinski definition) is 2. The van der Waals surface area contributed by atoms with Gasteiger partial charge in [0.2, 0.25) is 5.43 Å². The fraction of sp³-hybridized carbons (Fsp3) is 0.238. The number of benzene rings is 1. The van der Waals surface area contributed by atoms with Gasteiger partial charge in [-0.25, -0.2) is 0 Å². The summed E-state index contributed by atoms with van der Waals surface area (Å²) in [5, 5.41) is -0.0969. The van der Waals surface area contributed by atoms with Crippen molar-refractivity contribution in [3.63, 3.8) is 0 Å². The van der Waals surface area contributed by atoms with Gasteiger partial charge in [0.15, 0.2) is 11.3 Å². The first-order chi connectivity index (χ1) is 15.2. The zero-order valence-electron chi connectivity index (χ0n) is 17.0. The van der Waals surface area contributed by atoms with Crippen LogP contribution in [0.5, 0.6) is 5.88 Å². The molecule has 0 bridgehead atoms. The van der Waals surface area contributed by atoms with E-state index in [2.05, 4.69) is 9.97 Å². The van der Waals surface area contributed by atoms with Crippen molar-refractivity contribution < 1.29 is 31.1 Å². The normalized spacial score (nSPS) is 12.2. The topological polar surface area (TPSA) is 75.0 Å². The summed E-state index contributed by atoms with van der Waals surface area (Å²) in [7, 11) is 0. The lowest BCUT2D eigenvalue weighted by atomic mass is 10.0. The number of halogens is 7. The Morgan fingerprint density at radius 2 is 1.48 bits per heavy atom. The molecule has 0 radical (unpaired) electrons. The zero-order valence-corrected chi connectivity index (χ0v) is 17.7. The molecule has 5 nitrogen and oxygen atoms in total. The van der Waals surface area contributed by atoms with Crippen LogP contribution >= 0.6 is 11.6 Å². The van der Waals surface area contributed by atoms with Crippen LogP contribution in [0, 0.1) is 13.8 Å². The highest BCUT2D eigenvalue weighted by molar-refractivity contribution is 6.31. The number of H-pyrrole nitrogens is 2. The second-order valence-electron chi connectivity index (χ2n) is 7.17. The van der Waals surface area contributed by atoms with Gasteiger partial charge in [0.05, 0.1) is 22.3 Å². The van der Waals surface area contributed by atoms with Crippen molar-refractivity contribution in [1.82, 2.24) is 9.97 Å². The number of rotatable bonds is 4. The summed E-state index contributed by atoms with van der Waals surface area (Å²) in [5.74, 6) is -0.220. The molecular weight excluding hydrogens is 478 g/mol. The molecule has 0 saturated heterocycles. The Balaban J connectivity index is 1.92. The minimum atomic E-state index is -4.99. The predicted molar refractivity (Wildman–Crippen MR) is 108 cm³/mol. The Bertz CT molecular complexity index is 1290. The van der Waals surface area contributed by atoms with E-state index >= 15 is 0 Å². The van der Waals surface area contributed by atoms with Gasteiger partial charge in [0, 0.05) is 23.7 Å². The lowest BCUT2D eigenvalue weighted by Gasteiger charge is -2.15. The molecule has 2 N–H and O–H groups in total. The number of ether oxygens (including phenoxy) is 1. The SMILES string of the molecule is Cc1[nH]c(C)c(-c2c[nH]c(OCc3cc(C(F)(F)F)cc(C(F)(F)F)c3)cc2=O)c(=O)c1Cl. The van der Waals surface area contributed by atoms with E-state index in [-0.39, 0.29) is 28.1 Å². The van der Waals surface area contributed by atoms with Crippen LogP contribution in [0.1, 0.15) is 28.1 Å². The number of hydrogen-bond acceptors (Lipinski definition) is 3. The van der Waals surface area contributed by atoms with Crippen LogP contribution in [0.2, 0.25) is 5.02 Å². The summed E-state index contributed by atoms with van der Waals surface area (Å²) < 4.78 is 83.1. The Labute approximate surface area is 187 Å². The van der Waals surface area contributed by atoms with Crippen molar-refractivity contribution >= 4 is 11.6 Å². The van der Waals surface area contributed by atoms with Gasteiger partial charge in [0.25, 0.3) is 0 Å². The summed E-state index contributed by atoms with van der Waals surface area (Å²) in [6.45, 7) is 2.47. The Kier molecular flexibility index (Phi) is 6.38. The fourth-order valence-electron chi connectivity index (χ4n) is 3.17. The van der Waals surface area contributed by atoms with Crippen LogP contribution in [0.15, 0.2) is 40.1 Å². The number of aromatic amines is 2. The quantitative estimate of drug-likeness (QED) is 0.464. The van der Waals surface area contributed by atoms with Crippen molar-refractivity contribution in [2.75, 3.05) is 0 Å². The molecule has 1 aromatic carbocycles. The van der Waals surface area contributed by atoms with E-state index in [1.54, 1.807) is 13.8 Å². The number of alkyl halides is 6. The minimum absolute atomic E-state index is 0.00668. The summed E-state index contributed by atoms with van der Waals surface area (Å²) in [5.41, 5.74) is -3.84. The smallest absolute Gasteiger partial charge is 0.416 e. The molecule has 3 rings (SSSR count). The minimum Gasteiger partial charge on any atom is -0.474 e. The van der Waals surface area contributed by atoms with Crippen LogP contribution in [0.3, 0.4) is 0 Å². The first-order valence-electron chi connectivity index (χ1n) is 9.21. The Hall–Kier alpha value is -3.21. The third-order valence-corrected chi connectivity index (χ3v) is 5.16. The van der Waals surface area contributed by atoms with E-state index in [0.717, 1.165) is 12.3 Å². The molecule has 0 atom stereocenters. The lowest BCUT2D eigenvalue weighted by molar-refractivity contribution is -0.143. The monoisotopic (exact) mass is 492 g/mol. The van der Waals surface area contributed by atoms with Gasteiger partial charge in [-0.1, -0.05) is 11.6 Å². The standard InChI is InChI=1S/C21H15ClF6N2O3/c1-9-17(19(32)18(22)10(2)30-9)14-7-29-16(6-15(14)31)33-8-11-3-12(20(23,24)25)5-13(4-11)21(26,27)28/h3-7H,8H2,1-2H3,(H,29,31)(H,30,32). The highest BCUT2D eigenvalue weighted by atomic mass is 35.5. The van der Waals surface area contributed by atoms with E-state index < -0.39 is 46.5 Å². The van der Waals surface area contributed by atoms with Crippen molar-refractivity contribution in [3.05, 3.63) is 84.0 Å². The molecule has 0 saturated carbocycles. The maximum absolute atomic E-state index is 13.0. The molecule has 0 spiro atoms. The van der Waals surface area contributed by atoms with Crippen LogP contribution in [0.25, 0.3) is 11.1 Å². The fourth-order valence-corrected chi connectivity index (χ4v) is 3.31. The predicted octanol–water partition coefficient (Wildman–Crippen LogP) is 5.62. The zero-order chi connectivity index (χ0) is 24.7. The molecule has 0 amide bonds. The third-order valence-electron chi connectivity index (χ3n) is 4.70. The third kappa shape index (κ3) is 5.24. The largest absolute Gasteiger partial charge is 0.474 e. The van der Waals surface area contributed by atoms with Crippen molar-refractivity contribution in [3.8, 4) is 17.0 Å². The summed E-state index contributed by atoms with van der Waals surface area (Å²) in [6.07, 6.45) is -8.84. The van der Waals surface area contributed by atoms with Gasteiger partial charge in [-0.15, -0.1) is 0 Å². The van der Waals surface area contributed by atoms with Gasteiger partial charge in [-0.05, 0) is 37.6 Å². The molecule has 12 heteroatoms. The summed E-state index contributed by atoms with van der Waals surface area (Å²) in [4.78, 5) is 30.4. The molecule has 0 aliphatic heterocycles. The average Bonchev–Trinajstić information content (AvgIpc) is 2.70. The molecule has 33 heavy (non-hydrogen) atoms. The van der Waals surface area contributed by atoms with Gasteiger partial charge in [0.1, 0.15) is 11.6 Å². The molecule has 176 valence electrons. The van der Waals surface area contributed by atoms with Crippen molar-refractivity contribution in [2.24, 2.45) is 0 Å². The van der Waals surface area contributed by atoms with Crippen LogP contribution in [0.4, 0.5) is 26.3 Å². The lowest BCUT2D eigenvalue weighted by Crippen LogP contribution is -2.17. The number of nitrogens with one attached hydrogen (secondary N) is 2. The Morgan fingerprint density at radius 1 is 0.909 bits per heavy atom. The summed E-state index contributed by atoms with van der Waals surface area (Å²) in [6, 6.07) is 1.99. The first kappa shape index (κ1) is 24.4. The number of aromatic nitrogens is 2. The van der Waals surface area contributed by atoms with E-state index in [4.69, 9.17) is 16.3 Å². The van der Waals surface area contributed by atoms with Crippen molar-refractivity contribution in [2.45, 2.75) is 32.8 Å². The second kappa shape index (κ2) is 8.62. The molecule has 3 aromatic rings. The van der Waals surface area contributed by atoms with Gasteiger partial charge >= 0.3 is 12.4 Å². The molecule has 0 aliphatic carbocycles. The maximum atomic E-state index is 13.0. The molecule has 2 aromatic heterocycles. The summed E-state index contributed by atoms with van der Waals surface area (Å²) >= 11 is 5.95. The first-order valence-corrected chi connectivity index (χ1v) is 9.59. The van der Waals surface area contributed by atoms with Crippen LogP contribution in [-0.4, -0.2) is 9.97 Å². The number of aryl methyl sites for hydroxylation is 2. The van der Waals surface area contributed by atoms with E-state index in [1.807, 2.05) is 0 Å². The van der Waals surface area contributed by atoms with Crippen LogP contribution in [-0.2, 0) is 19.0 Å². The molecular formula is C21H15ClF6N2O3. The van der Waals surface area contributed by atoms with Gasteiger partial charge < -0.3 is 14.7 Å². The van der Waals surface area contributed by atoms with Gasteiger partial charge in [-0.3, -0.25) is 9.59 Å². The van der Waals surface area contributed by atoms with Gasteiger partial charge in [-0.2, -0.15) is 26.3 Å². The molecule has 0 fully saturated rings. The molecule has 0 aliphatic rings. The highest BCUT2D eigenvalue weighted by Crippen LogP contribution is 2.36. The van der Waals surface area contributed by atoms with E-state index in [9.17, 15) is 35.9 Å².